The van der Waals surface area contributed by atoms with Crippen LogP contribution in [0.15, 0.2) is 48.5 Å². The van der Waals surface area contributed by atoms with Gasteiger partial charge in [-0.15, -0.1) is 0 Å². The van der Waals surface area contributed by atoms with Crippen LogP contribution in [0.5, 0.6) is 5.75 Å². The van der Waals surface area contributed by atoms with Crippen molar-refractivity contribution in [2.24, 2.45) is 0 Å². The van der Waals surface area contributed by atoms with Gasteiger partial charge in [-0.3, -0.25) is 4.79 Å². The zero-order chi connectivity index (χ0) is 14.7. The Morgan fingerprint density at radius 3 is 2.81 bits per heavy atom. The van der Waals surface area contributed by atoms with Crippen molar-refractivity contribution in [2.75, 3.05) is 6.61 Å². The number of carbonyl (C=O) groups excluding carboxylic acids is 1. The van der Waals surface area contributed by atoms with Gasteiger partial charge in [-0.25, -0.2) is 0 Å². The first-order valence-corrected chi connectivity index (χ1v) is 7.29. The molecule has 0 saturated heterocycles. The van der Waals surface area contributed by atoms with Crippen LogP contribution in [0.25, 0.3) is 0 Å². The number of carbonyl (C=O) groups is 1. The molecule has 0 aromatic heterocycles. The molecule has 0 unspecified atom stereocenters. The number of amides is 1. The van der Waals surface area contributed by atoms with Crippen molar-refractivity contribution < 1.29 is 9.53 Å². The average molecular weight is 281 g/mol. The van der Waals surface area contributed by atoms with E-state index in [4.69, 9.17) is 4.74 Å². The molecule has 0 bridgehead atoms. The maximum absolute atomic E-state index is 12.1. The molecule has 1 aliphatic rings. The number of hydrogen-bond donors (Lipinski definition) is 1. The molecule has 21 heavy (non-hydrogen) atoms. The summed E-state index contributed by atoms with van der Waals surface area (Å²) < 4.78 is 5.58. The van der Waals surface area contributed by atoms with E-state index in [1.165, 1.54) is 11.1 Å². The highest BCUT2D eigenvalue weighted by Crippen LogP contribution is 2.30. The standard InChI is InChI=1S/C18H19NO2/c1-13-6-2-5-9-17(13)21-12-18(20)19-16-11-10-14-7-3-4-8-15(14)16/h2-9,16H,10-12H2,1H3,(H,19,20)/t16-/m1/s1. The number of nitrogens with one attached hydrogen (secondary N) is 1. The monoisotopic (exact) mass is 281 g/mol. The van der Waals surface area contributed by atoms with Gasteiger partial charge in [-0.2, -0.15) is 0 Å². The first kappa shape index (κ1) is 13.7. The van der Waals surface area contributed by atoms with Crippen LogP contribution < -0.4 is 10.1 Å². The molecule has 0 fully saturated rings. The van der Waals surface area contributed by atoms with E-state index in [0.29, 0.717) is 0 Å². The third-order valence-corrected chi connectivity index (χ3v) is 3.92. The summed E-state index contributed by atoms with van der Waals surface area (Å²) in [6.45, 7) is 2.03. The minimum Gasteiger partial charge on any atom is -0.484 e. The highest BCUT2D eigenvalue weighted by atomic mass is 16.5. The van der Waals surface area contributed by atoms with Gasteiger partial charge in [0.05, 0.1) is 6.04 Å². The lowest BCUT2D eigenvalue weighted by Gasteiger charge is -2.15. The van der Waals surface area contributed by atoms with Gasteiger partial charge in [0, 0.05) is 0 Å². The molecule has 108 valence electrons. The lowest BCUT2D eigenvalue weighted by Crippen LogP contribution is -2.31. The zero-order valence-corrected chi connectivity index (χ0v) is 12.1. The van der Waals surface area contributed by atoms with Gasteiger partial charge in [-0.05, 0) is 42.5 Å². The molecule has 1 N–H and O–H groups in total. The van der Waals surface area contributed by atoms with E-state index in [1.807, 2.05) is 43.3 Å². The Hall–Kier alpha value is -2.29. The van der Waals surface area contributed by atoms with Crippen LogP contribution >= 0.6 is 0 Å². The highest BCUT2D eigenvalue weighted by Gasteiger charge is 2.23. The third kappa shape index (κ3) is 3.07. The van der Waals surface area contributed by atoms with Gasteiger partial charge >= 0.3 is 0 Å². The van der Waals surface area contributed by atoms with Crippen LogP contribution in [-0.4, -0.2) is 12.5 Å². The Bertz CT molecular complexity index is 651. The van der Waals surface area contributed by atoms with E-state index < -0.39 is 0 Å². The number of para-hydroxylation sites is 1. The van der Waals surface area contributed by atoms with Crippen LogP contribution in [0.1, 0.15) is 29.2 Å². The summed E-state index contributed by atoms with van der Waals surface area (Å²) in [7, 11) is 0. The Morgan fingerprint density at radius 1 is 1.19 bits per heavy atom. The van der Waals surface area contributed by atoms with Gasteiger partial charge in [0.15, 0.2) is 6.61 Å². The predicted octanol–water partition coefficient (Wildman–Crippen LogP) is 3.18. The fourth-order valence-electron chi connectivity index (χ4n) is 2.80. The fourth-order valence-corrected chi connectivity index (χ4v) is 2.80. The molecule has 1 atom stereocenters. The van der Waals surface area contributed by atoms with E-state index in [2.05, 4.69) is 17.4 Å². The van der Waals surface area contributed by atoms with Crippen molar-refractivity contribution in [3.63, 3.8) is 0 Å². The van der Waals surface area contributed by atoms with Gasteiger partial charge in [0.2, 0.25) is 0 Å². The SMILES string of the molecule is Cc1ccccc1OCC(=O)N[C@@H]1CCc2ccccc21. The molecule has 3 heteroatoms. The Kier molecular flexibility index (Phi) is 3.91. The van der Waals surface area contributed by atoms with E-state index >= 15 is 0 Å². The summed E-state index contributed by atoms with van der Waals surface area (Å²) >= 11 is 0. The number of fused-ring (bicyclic) bond motifs is 1. The lowest BCUT2D eigenvalue weighted by atomic mass is 10.1. The normalized spacial score (nSPS) is 16.3. The second kappa shape index (κ2) is 6.00. The van der Waals surface area contributed by atoms with Gasteiger partial charge in [0.1, 0.15) is 5.75 Å². The summed E-state index contributed by atoms with van der Waals surface area (Å²) in [5.74, 6) is 0.694. The zero-order valence-electron chi connectivity index (χ0n) is 12.1. The molecule has 0 heterocycles. The van der Waals surface area contributed by atoms with E-state index in [-0.39, 0.29) is 18.6 Å². The summed E-state index contributed by atoms with van der Waals surface area (Å²) in [5.41, 5.74) is 3.61. The van der Waals surface area contributed by atoms with Crippen LogP contribution in [0.4, 0.5) is 0 Å². The van der Waals surface area contributed by atoms with E-state index in [1.54, 1.807) is 0 Å². The molecule has 2 aromatic rings. The lowest BCUT2D eigenvalue weighted by molar-refractivity contribution is -0.123. The van der Waals surface area contributed by atoms with Crippen LogP contribution in [0.3, 0.4) is 0 Å². The number of ether oxygens (including phenoxy) is 1. The van der Waals surface area contributed by atoms with Crippen LogP contribution in [0.2, 0.25) is 0 Å². The maximum Gasteiger partial charge on any atom is 0.258 e. The first-order valence-electron chi connectivity index (χ1n) is 7.29. The molecule has 1 aliphatic carbocycles. The molecule has 0 aliphatic heterocycles. The number of rotatable bonds is 4. The second-order valence-electron chi connectivity index (χ2n) is 5.41. The van der Waals surface area contributed by atoms with Crippen LogP contribution in [-0.2, 0) is 11.2 Å². The summed E-state index contributed by atoms with van der Waals surface area (Å²) in [5, 5.41) is 3.06. The second-order valence-corrected chi connectivity index (χ2v) is 5.41. The van der Waals surface area contributed by atoms with Crippen molar-refractivity contribution in [1.82, 2.24) is 5.32 Å². The maximum atomic E-state index is 12.1. The molecular formula is C18H19NO2. The van der Waals surface area contributed by atoms with Gasteiger partial charge in [0.25, 0.3) is 5.91 Å². The summed E-state index contributed by atoms with van der Waals surface area (Å²) in [6, 6.07) is 16.1. The van der Waals surface area contributed by atoms with E-state index in [0.717, 1.165) is 24.2 Å². The molecule has 1 amide bonds. The smallest absolute Gasteiger partial charge is 0.258 e. The third-order valence-electron chi connectivity index (χ3n) is 3.92. The van der Waals surface area contributed by atoms with Gasteiger partial charge < -0.3 is 10.1 Å². The molecule has 0 radical (unpaired) electrons. The molecule has 0 saturated carbocycles. The van der Waals surface area contributed by atoms with Crippen LogP contribution in [0, 0.1) is 6.92 Å². The summed E-state index contributed by atoms with van der Waals surface area (Å²) in [6.07, 6.45) is 2.00. The topological polar surface area (TPSA) is 38.3 Å². The Balaban J connectivity index is 1.57. The fraction of sp³-hybridized carbons (Fsp3) is 0.278. The molecular weight excluding hydrogens is 262 g/mol. The number of hydrogen-bond acceptors (Lipinski definition) is 2. The van der Waals surface area contributed by atoms with Crippen molar-refractivity contribution >= 4 is 5.91 Å². The first-order chi connectivity index (χ1) is 10.2. The highest BCUT2D eigenvalue weighted by molar-refractivity contribution is 5.78. The van der Waals surface area contributed by atoms with E-state index in [9.17, 15) is 4.79 Å². The van der Waals surface area contributed by atoms with Crippen molar-refractivity contribution in [1.29, 1.82) is 0 Å². The minimum atomic E-state index is -0.0695. The predicted molar refractivity (Wildman–Crippen MR) is 82.3 cm³/mol. The van der Waals surface area contributed by atoms with Crippen molar-refractivity contribution in [3.8, 4) is 5.75 Å². The number of benzene rings is 2. The molecule has 3 nitrogen and oxygen atoms in total. The molecule has 3 rings (SSSR count). The quantitative estimate of drug-likeness (QED) is 0.934. The number of aryl methyl sites for hydroxylation is 2. The largest absolute Gasteiger partial charge is 0.484 e. The van der Waals surface area contributed by atoms with Crippen molar-refractivity contribution in [2.45, 2.75) is 25.8 Å². The Labute approximate surface area is 124 Å². The minimum absolute atomic E-state index is 0.0590. The summed E-state index contributed by atoms with van der Waals surface area (Å²) in [4.78, 5) is 12.1. The van der Waals surface area contributed by atoms with Crippen molar-refractivity contribution in [3.05, 3.63) is 65.2 Å². The van der Waals surface area contributed by atoms with Gasteiger partial charge in [-0.1, -0.05) is 42.5 Å². The molecule has 0 spiro atoms. The average Bonchev–Trinajstić information content (AvgIpc) is 2.90. The Morgan fingerprint density at radius 2 is 1.95 bits per heavy atom. The molecule has 2 aromatic carbocycles.